The summed E-state index contributed by atoms with van der Waals surface area (Å²) in [5, 5.41) is 13.7. The van der Waals surface area contributed by atoms with E-state index >= 15 is 0 Å². The summed E-state index contributed by atoms with van der Waals surface area (Å²) in [5.74, 6) is -0.243. The molecular formula is C16H11Cl3N2O2. The predicted molar refractivity (Wildman–Crippen MR) is 92.5 cm³/mol. The number of amides is 1. The second-order valence-corrected chi connectivity index (χ2v) is 6.32. The molecule has 1 N–H and O–H groups in total. The molecule has 0 radical (unpaired) electrons. The van der Waals surface area contributed by atoms with E-state index in [0.29, 0.717) is 50.6 Å². The molecule has 2 aromatic rings. The molecule has 1 amide bonds. The van der Waals surface area contributed by atoms with E-state index in [-0.39, 0.29) is 5.91 Å². The van der Waals surface area contributed by atoms with E-state index in [1.54, 1.807) is 35.2 Å². The number of carbonyl (C=O) groups excluding carboxylic acids is 1. The van der Waals surface area contributed by atoms with Crippen LogP contribution in [-0.2, 0) is 0 Å². The van der Waals surface area contributed by atoms with E-state index in [9.17, 15) is 4.79 Å². The third kappa shape index (κ3) is 3.02. The van der Waals surface area contributed by atoms with Crippen LogP contribution < -0.4 is 4.90 Å². The van der Waals surface area contributed by atoms with E-state index in [0.717, 1.165) is 0 Å². The van der Waals surface area contributed by atoms with Gasteiger partial charge in [0.25, 0.3) is 5.91 Å². The van der Waals surface area contributed by atoms with Crippen LogP contribution >= 0.6 is 34.8 Å². The van der Waals surface area contributed by atoms with Gasteiger partial charge in [-0.2, -0.15) is 0 Å². The lowest BCUT2D eigenvalue weighted by Gasteiger charge is -2.30. The zero-order chi connectivity index (χ0) is 16.6. The van der Waals surface area contributed by atoms with E-state index in [2.05, 4.69) is 5.16 Å². The number of anilines is 1. The third-order valence-electron chi connectivity index (χ3n) is 3.66. The minimum atomic E-state index is -0.243. The van der Waals surface area contributed by atoms with Crippen LogP contribution in [0.4, 0.5) is 5.69 Å². The van der Waals surface area contributed by atoms with Gasteiger partial charge in [-0.05, 0) is 36.4 Å². The molecule has 1 aliphatic rings. The Bertz CT molecular complexity index is 821. The van der Waals surface area contributed by atoms with E-state index in [1.807, 2.05) is 0 Å². The van der Waals surface area contributed by atoms with Crippen LogP contribution in [0.2, 0.25) is 15.1 Å². The molecule has 0 saturated carbocycles. The summed E-state index contributed by atoms with van der Waals surface area (Å²) in [4.78, 5) is 14.4. The first kappa shape index (κ1) is 16.1. The van der Waals surface area contributed by atoms with Crippen LogP contribution in [0.15, 0.2) is 41.6 Å². The van der Waals surface area contributed by atoms with Gasteiger partial charge in [0.15, 0.2) is 0 Å². The van der Waals surface area contributed by atoms with Crippen molar-refractivity contribution in [3.63, 3.8) is 0 Å². The Morgan fingerprint density at radius 2 is 1.78 bits per heavy atom. The highest BCUT2D eigenvalue weighted by atomic mass is 35.5. The summed E-state index contributed by atoms with van der Waals surface area (Å²) < 4.78 is 0. The zero-order valence-corrected chi connectivity index (χ0v) is 14.0. The van der Waals surface area contributed by atoms with Crippen LogP contribution in [0.3, 0.4) is 0 Å². The molecule has 0 atom stereocenters. The Morgan fingerprint density at radius 3 is 2.48 bits per heavy atom. The van der Waals surface area contributed by atoms with Crippen molar-refractivity contribution in [2.75, 3.05) is 11.4 Å². The lowest BCUT2D eigenvalue weighted by molar-refractivity contribution is 0.0987. The summed E-state index contributed by atoms with van der Waals surface area (Å²) in [6.07, 6.45) is 0.417. The van der Waals surface area contributed by atoms with Gasteiger partial charge in [-0.15, -0.1) is 0 Å². The number of halogens is 3. The number of oxime groups is 1. The van der Waals surface area contributed by atoms with Gasteiger partial charge in [-0.3, -0.25) is 4.79 Å². The van der Waals surface area contributed by atoms with Gasteiger partial charge < -0.3 is 10.1 Å². The fraction of sp³-hybridized carbons (Fsp3) is 0.125. The smallest absolute Gasteiger partial charge is 0.259 e. The Balaban J connectivity index is 2.06. The van der Waals surface area contributed by atoms with Crippen LogP contribution in [-0.4, -0.2) is 23.4 Å². The first-order valence-corrected chi connectivity index (χ1v) is 7.92. The zero-order valence-electron chi connectivity index (χ0n) is 11.8. The highest BCUT2D eigenvalue weighted by Crippen LogP contribution is 2.32. The summed E-state index contributed by atoms with van der Waals surface area (Å²) >= 11 is 18.0. The number of nitrogens with zero attached hydrogens (tertiary/aromatic N) is 2. The molecule has 4 nitrogen and oxygen atoms in total. The average molecular weight is 370 g/mol. The molecule has 118 valence electrons. The Morgan fingerprint density at radius 1 is 1.09 bits per heavy atom. The molecule has 0 unspecified atom stereocenters. The highest BCUT2D eigenvalue weighted by Gasteiger charge is 2.28. The molecule has 0 fully saturated rings. The predicted octanol–water partition coefficient (Wildman–Crippen LogP) is 4.88. The Labute approximate surface area is 147 Å². The molecule has 23 heavy (non-hydrogen) atoms. The lowest BCUT2D eigenvalue weighted by atomic mass is 9.98. The number of rotatable bonds is 1. The van der Waals surface area contributed by atoms with E-state index in [1.165, 1.54) is 6.07 Å². The second-order valence-electron chi connectivity index (χ2n) is 5.04. The maximum absolute atomic E-state index is 12.8. The summed E-state index contributed by atoms with van der Waals surface area (Å²) in [6, 6.07) is 9.83. The van der Waals surface area contributed by atoms with Gasteiger partial charge in [0, 0.05) is 28.6 Å². The van der Waals surface area contributed by atoms with E-state index < -0.39 is 0 Å². The normalized spacial score (nSPS) is 15.6. The minimum Gasteiger partial charge on any atom is -0.411 e. The molecule has 0 aromatic heterocycles. The van der Waals surface area contributed by atoms with Gasteiger partial charge in [0.2, 0.25) is 0 Å². The number of fused-ring (bicyclic) bond motifs is 1. The lowest BCUT2D eigenvalue weighted by Crippen LogP contribution is -2.37. The maximum atomic E-state index is 12.8. The number of hydrogen-bond acceptors (Lipinski definition) is 3. The molecule has 0 aliphatic carbocycles. The fourth-order valence-corrected chi connectivity index (χ4v) is 3.23. The minimum absolute atomic E-state index is 0.243. The number of carbonyl (C=O) groups is 1. The SMILES string of the molecule is O=C(c1ccc(Cl)cc1Cl)N1CCC(=NO)c2cc(Cl)ccc21. The highest BCUT2D eigenvalue weighted by molar-refractivity contribution is 6.37. The maximum Gasteiger partial charge on any atom is 0.259 e. The fourth-order valence-electron chi connectivity index (χ4n) is 2.57. The molecule has 2 aromatic carbocycles. The van der Waals surface area contributed by atoms with Gasteiger partial charge in [0.1, 0.15) is 0 Å². The van der Waals surface area contributed by atoms with Crippen LogP contribution in [0.25, 0.3) is 0 Å². The second kappa shape index (κ2) is 6.40. The largest absolute Gasteiger partial charge is 0.411 e. The number of benzene rings is 2. The molecular weight excluding hydrogens is 359 g/mol. The van der Waals surface area contributed by atoms with Gasteiger partial charge in [-0.25, -0.2) is 0 Å². The number of hydrogen-bond donors (Lipinski definition) is 1. The molecule has 1 heterocycles. The van der Waals surface area contributed by atoms with Crippen LogP contribution in [0, 0.1) is 0 Å². The van der Waals surface area contributed by atoms with Crippen molar-refractivity contribution in [3.05, 3.63) is 62.6 Å². The summed E-state index contributed by atoms with van der Waals surface area (Å²) in [7, 11) is 0. The molecule has 3 rings (SSSR count). The van der Waals surface area contributed by atoms with Crippen LogP contribution in [0.5, 0.6) is 0 Å². The Kier molecular flexibility index (Phi) is 4.48. The quantitative estimate of drug-likeness (QED) is 0.575. The van der Waals surface area contributed by atoms with Crippen molar-refractivity contribution >= 4 is 52.1 Å². The molecule has 0 bridgehead atoms. The first-order chi connectivity index (χ1) is 11.0. The topological polar surface area (TPSA) is 52.9 Å². The molecule has 0 spiro atoms. The molecule has 1 aliphatic heterocycles. The van der Waals surface area contributed by atoms with Crippen LogP contribution in [0.1, 0.15) is 22.3 Å². The van der Waals surface area contributed by atoms with Gasteiger partial charge in [0.05, 0.1) is 22.0 Å². The van der Waals surface area contributed by atoms with E-state index in [4.69, 9.17) is 40.0 Å². The van der Waals surface area contributed by atoms with Gasteiger partial charge in [-0.1, -0.05) is 40.0 Å². The van der Waals surface area contributed by atoms with Crippen molar-refractivity contribution in [1.29, 1.82) is 0 Å². The van der Waals surface area contributed by atoms with Gasteiger partial charge >= 0.3 is 0 Å². The standard InChI is InChI=1S/C16H11Cl3N2O2/c17-9-2-4-15-12(7-9)14(20-23)5-6-21(15)16(22)11-3-1-10(18)8-13(11)19/h1-4,7-8,23H,5-6H2. The Hall–Kier alpha value is -1.75. The first-order valence-electron chi connectivity index (χ1n) is 6.79. The summed E-state index contributed by atoms with van der Waals surface area (Å²) in [6.45, 7) is 0.381. The van der Waals surface area contributed by atoms with Crippen molar-refractivity contribution in [1.82, 2.24) is 0 Å². The van der Waals surface area contributed by atoms with Crippen molar-refractivity contribution in [2.45, 2.75) is 6.42 Å². The molecule has 7 heteroatoms. The van der Waals surface area contributed by atoms with Crippen molar-refractivity contribution in [3.8, 4) is 0 Å². The van der Waals surface area contributed by atoms with Crippen molar-refractivity contribution in [2.24, 2.45) is 5.16 Å². The summed E-state index contributed by atoms with van der Waals surface area (Å²) in [5.41, 5.74) is 2.12. The van der Waals surface area contributed by atoms with Crippen molar-refractivity contribution < 1.29 is 10.0 Å². The monoisotopic (exact) mass is 368 g/mol. The average Bonchev–Trinajstić information content (AvgIpc) is 2.53. The third-order valence-corrected chi connectivity index (χ3v) is 4.44. The molecule has 0 saturated heterocycles.